The van der Waals surface area contributed by atoms with E-state index in [1.807, 2.05) is 67.6 Å². The van der Waals surface area contributed by atoms with E-state index in [4.69, 9.17) is 4.74 Å². The van der Waals surface area contributed by atoms with Gasteiger partial charge in [-0.1, -0.05) is 72.7 Å². The molecular formula is C23H23N3O4. The molecular weight excluding hydrogens is 382 g/mol. The van der Waals surface area contributed by atoms with Crippen LogP contribution in [0.1, 0.15) is 31.4 Å². The minimum absolute atomic E-state index is 0.0312. The van der Waals surface area contributed by atoms with Crippen LogP contribution in [0.4, 0.5) is 5.82 Å². The van der Waals surface area contributed by atoms with Crippen molar-refractivity contribution in [3.8, 4) is 11.1 Å². The van der Waals surface area contributed by atoms with Crippen LogP contribution in [0.2, 0.25) is 0 Å². The molecule has 0 amide bonds. The summed E-state index contributed by atoms with van der Waals surface area (Å²) in [5, 5.41) is 16.2. The number of esters is 1. The molecule has 154 valence electrons. The molecule has 1 saturated carbocycles. The second-order valence-electron chi connectivity index (χ2n) is 7.76. The summed E-state index contributed by atoms with van der Waals surface area (Å²) in [6, 6.07) is 18.5. The number of nitrogens with zero attached hydrogens (tertiary/aromatic N) is 3. The lowest BCUT2D eigenvalue weighted by Gasteiger charge is -2.12. The van der Waals surface area contributed by atoms with E-state index >= 15 is 0 Å². The van der Waals surface area contributed by atoms with Gasteiger partial charge in [0.05, 0.1) is 17.7 Å². The van der Waals surface area contributed by atoms with Crippen molar-refractivity contribution in [1.29, 1.82) is 0 Å². The molecule has 0 bridgehead atoms. The maximum Gasteiger partial charge on any atom is 0.353 e. The Hall–Kier alpha value is -3.48. The summed E-state index contributed by atoms with van der Waals surface area (Å²) in [5.74, 6) is -0.512. The van der Waals surface area contributed by atoms with Crippen LogP contribution in [-0.2, 0) is 16.1 Å². The first-order chi connectivity index (χ1) is 14.5. The lowest BCUT2D eigenvalue weighted by molar-refractivity contribution is -0.392. The van der Waals surface area contributed by atoms with Gasteiger partial charge in [-0.3, -0.25) is 4.79 Å². The van der Waals surface area contributed by atoms with Gasteiger partial charge in [0.1, 0.15) is 12.6 Å². The molecule has 30 heavy (non-hydrogen) atoms. The van der Waals surface area contributed by atoms with Crippen LogP contribution in [0.3, 0.4) is 0 Å². The van der Waals surface area contributed by atoms with Crippen molar-refractivity contribution in [2.24, 2.45) is 11.8 Å². The van der Waals surface area contributed by atoms with Crippen LogP contribution in [-0.4, -0.2) is 20.7 Å². The molecule has 1 heterocycles. The SMILES string of the molecule is C[C@@H]1CC(C(=O)OCc2ccccc2)C[C@H]1n1ncc(-c2ccccc2)c1[N+](=O)[O-]. The Kier molecular flexibility index (Phi) is 5.61. The van der Waals surface area contributed by atoms with E-state index < -0.39 is 0 Å². The molecule has 0 aliphatic heterocycles. The average Bonchev–Trinajstić information content (AvgIpc) is 3.37. The van der Waals surface area contributed by atoms with Gasteiger partial charge in [0.2, 0.25) is 0 Å². The van der Waals surface area contributed by atoms with E-state index in [9.17, 15) is 14.9 Å². The number of benzene rings is 2. The van der Waals surface area contributed by atoms with Gasteiger partial charge in [-0.2, -0.15) is 0 Å². The van der Waals surface area contributed by atoms with Crippen molar-refractivity contribution in [1.82, 2.24) is 9.78 Å². The summed E-state index contributed by atoms with van der Waals surface area (Å²) in [4.78, 5) is 24.1. The van der Waals surface area contributed by atoms with Gasteiger partial charge in [0, 0.05) is 6.42 Å². The van der Waals surface area contributed by atoms with Crippen molar-refractivity contribution in [2.45, 2.75) is 32.4 Å². The van der Waals surface area contributed by atoms with Crippen LogP contribution in [0.25, 0.3) is 11.1 Å². The van der Waals surface area contributed by atoms with Gasteiger partial charge in [-0.25, -0.2) is 0 Å². The standard InChI is InChI=1S/C23H23N3O4/c1-16-12-19(23(27)30-15-17-8-4-2-5-9-17)13-21(16)25-22(26(28)29)20(14-24-25)18-10-6-3-7-11-18/h2-11,14,16,19,21H,12-13,15H2,1H3/t16-,19?,21-/m1/s1. The van der Waals surface area contributed by atoms with E-state index in [0.717, 1.165) is 11.1 Å². The summed E-state index contributed by atoms with van der Waals surface area (Å²) in [6.45, 7) is 2.23. The Morgan fingerprint density at radius 2 is 1.80 bits per heavy atom. The molecule has 2 aromatic carbocycles. The molecule has 0 N–H and O–H groups in total. The molecule has 0 spiro atoms. The fourth-order valence-corrected chi connectivity index (χ4v) is 4.21. The largest absolute Gasteiger partial charge is 0.461 e. The van der Waals surface area contributed by atoms with E-state index in [-0.39, 0.29) is 41.2 Å². The molecule has 7 nitrogen and oxygen atoms in total. The Bertz CT molecular complexity index is 1030. The number of carbonyl (C=O) groups is 1. The molecule has 0 radical (unpaired) electrons. The monoisotopic (exact) mass is 405 g/mol. The third-order valence-corrected chi connectivity index (χ3v) is 5.74. The normalized spacial score (nSPS) is 20.8. The first-order valence-corrected chi connectivity index (χ1v) is 10.0. The zero-order valence-electron chi connectivity index (χ0n) is 16.7. The van der Waals surface area contributed by atoms with Crippen molar-refractivity contribution in [3.05, 3.63) is 82.5 Å². The Morgan fingerprint density at radius 3 is 2.47 bits per heavy atom. The number of ether oxygens (including phenoxy) is 1. The van der Waals surface area contributed by atoms with E-state index in [1.165, 1.54) is 4.68 Å². The molecule has 4 rings (SSSR count). The Morgan fingerprint density at radius 1 is 1.13 bits per heavy atom. The van der Waals surface area contributed by atoms with Gasteiger partial charge < -0.3 is 14.9 Å². The minimum atomic E-state index is -0.386. The molecule has 1 unspecified atom stereocenters. The summed E-state index contributed by atoms with van der Waals surface area (Å²) < 4.78 is 6.98. The highest BCUT2D eigenvalue weighted by atomic mass is 16.6. The van der Waals surface area contributed by atoms with Gasteiger partial charge in [-0.05, 0) is 28.4 Å². The molecule has 1 aliphatic carbocycles. The topological polar surface area (TPSA) is 87.3 Å². The van der Waals surface area contributed by atoms with Crippen LogP contribution >= 0.6 is 0 Å². The fraction of sp³-hybridized carbons (Fsp3) is 0.304. The van der Waals surface area contributed by atoms with Crippen molar-refractivity contribution in [2.75, 3.05) is 0 Å². The molecule has 1 aliphatic rings. The second kappa shape index (κ2) is 8.49. The molecule has 1 fully saturated rings. The number of rotatable bonds is 6. The molecule has 7 heteroatoms. The van der Waals surface area contributed by atoms with Crippen LogP contribution in [0.15, 0.2) is 66.9 Å². The minimum Gasteiger partial charge on any atom is -0.461 e. The maximum absolute atomic E-state index is 12.6. The van der Waals surface area contributed by atoms with Crippen molar-refractivity contribution in [3.63, 3.8) is 0 Å². The van der Waals surface area contributed by atoms with Crippen LogP contribution in [0.5, 0.6) is 0 Å². The quantitative estimate of drug-likeness (QED) is 0.334. The van der Waals surface area contributed by atoms with Crippen molar-refractivity contribution >= 4 is 11.8 Å². The lowest BCUT2D eigenvalue weighted by Crippen LogP contribution is -2.17. The van der Waals surface area contributed by atoms with E-state index in [2.05, 4.69) is 5.10 Å². The number of nitro groups is 1. The van der Waals surface area contributed by atoms with E-state index in [0.29, 0.717) is 18.4 Å². The number of hydrogen-bond donors (Lipinski definition) is 0. The smallest absolute Gasteiger partial charge is 0.353 e. The van der Waals surface area contributed by atoms with Gasteiger partial charge in [-0.15, -0.1) is 4.68 Å². The van der Waals surface area contributed by atoms with Crippen LogP contribution in [0, 0.1) is 22.0 Å². The van der Waals surface area contributed by atoms with Gasteiger partial charge in [0.15, 0.2) is 0 Å². The predicted molar refractivity (Wildman–Crippen MR) is 111 cm³/mol. The Labute approximate surface area is 174 Å². The zero-order chi connectivity index (χ0) is 21.1. The number of hydrogen-bond acceptors (Lipinski definition) is 5. The predicted octanol–water partition coefficient (Wildman–Crippen LogP) is 4.79. The summed E-state index contributed by atoms with van der Waals surface area (Å²) in [7, 11) is 0. The first-order valence-electron chi connectivity index (χ1n) is 10.0. The van der Waals surface area contributed by atoms with E-state index in [1.54, 1.807) is 6.20 Å². The third-order valence-electron chi connectivity index (χ3n) is 5.74. The number of carbonyl (C=O) groups excluding carboxylic acids is 1. The molecule has 3 aromatic rings. The fourth-order valence-electron chi connectivity index (χ4n) is 4.21. The lowest BCUT2D eigenvalue weighted by atomic mass is 10.1. The Balaban J connectivity index is 1.52. The maximum atomic E-state index is 12.6. The summed E-state index contributed by atoms with van der Waals surface area (Å²) in [5.41, 5.74) is 2.17. The average molecular weight is 405 g/mol. The zero-order valence-corrected chi connectivity index (χ0v) is 16.7. The van der Waals surface area contributed by atoms with Crippen LogP contribution < -0.4 is 0 Å². The highest BCUT2D eigenvalue weighted by molar-refractivity contribution is 5.73. The molecule has 1 aromatic heterocycles. The summed E-state index contributed by atoms with van der Waals surface area (Å²) in [6.07, 6.45) is 2.64. The first kappa shape index (κ1) is 19.8. The highest BCUT2D eigenvalue weighted by Gasteiger charge is 2.43. The van der Waals surface area contributed by atoms with Gasteiger partial charge in [0.25, 0.3) is 0 Å². The second-order valence-corrected chi connectivity index (χ2v) is 7.76. The third kappa shape index (κ3) is 3.96. The summed E-state index contributed by atoms with van der Waals surface area (Å²) >= 11 is 0. The van der Waals surface area contributed by atoms with Crippen molar-refractivity contribution < 1.29 is 14.5 Å². The molecule has 0 saturated heterocycles. The number of aromatic nitrogens is 2. The van der Waals surface area contributed by atoms with Gasteiger partial charge >= 0.3 is 11.8 Å². The molecule has 3 atom stereocenters. The highest BCUT2D eigenvalue weighted by Crippen LogP contribution is 2.43.